The van der Waals surface area contributed by atoms with Crippen molar-refractivity contribution in [2.24, 2.45) is 0 Å². The quantitative estimate of drug-likeness (QED) is 0.467. The minimum Gasteiger partial charge on any atom is -0.311 e. The van der Waals surface area contributed by atoms with E-state index in [2.05, 4.69) is 95.9 Å². The largest absolute Gasteiger partial charge is 0.311 e. The predicted octanol–water partition coefficient (Wildman–Crippen LogP) is 7.19. The maximum Gasteiger partial charge on any atom is 0.0461 e. The summed E-state index contributed by atoms with van der Waals surface area (Å²) in [5.41, 5.74) is 4.91. The third-order valence-corrected chi connectivity index (χ3v) is 6.61. The summed E-state index contributed by atoms with van der Waals surface area (Å²) in [6, 6.07) is 27.4. The van der Waals surface area contributed by atoms with E-state index < -0.39 is 0 Å². The van der Waals surface area contributed by atoms with Gasteiger partial charge in [-0.1, -0.05) is 66.2 Å². The number of rotatable bonds is 3. The van der Waals surface area contributed by atoms with Crippen LogP contribution in [0.15, 0.2) is 108 Å². The third kappa shape index (κ3) is 3.09. The summed E-state index contributed by atoms with van der Waals surface area (Å²) >= 11 is 8.11. The number of para-hydroxylation sites is 2. The second-order valence-corrected chi connectivity index (χ2v) is 8.40. The van der Waals surface area contributed by atoms with Crippen molar-refractivity contribution in [2.75, 3.05) is 4.90 Å². The zero-order valence-electron chi connectivity index (χ0n) is 14.6. The van der Waals surface area contributed by atoms with Crippen LogP contribution in [0.1, 0.15) is 11.5 Å². The van der Waals surface area contributed by atoms with E-state index in [9.17, 15) is 0 Å². The lowest BCUT2D eigenvalue weighted by Crippen LogP contribution is -2.20. The summed E-state index contributed by atoms with van der Waals surface area (Å²) in [4.78, 5) is 3.62. The molecule has 0 spiro atoms. The van der Waals surface area contributed by atoms with Gasteiger partial charge in [0.25, 0.3) is 0 Å². The first-order valence-corrected chi connectivity index (χ1v) is 10.3. The van der Waals surface area contributed by atoms with E-state index >= 15 is 0 Å². The van der Waals surface area contributed by atoms with Gasteiger partial charge >= 0.3 is 0 Å². The Kier molecular flexibility index (Phi) is 4.31. The molecule has 0 amide bonds. The Hall–Kier alpha value is -2.42. The van der Waals surface area contributed by atoms with Crippen LogP contribution in [-0.2, 0) is 0 Å². The number of halogens is 1. The van der Waals surface area contributed by atoms with Crippen molar-refractivity contribution < 1.29 is 0 Å². The maximum absolute atomic E-state index is 6.21. The fourth-order valence-corrected chi connectivity index (χ4v) is 5.40. The number of hydrogen-bond donors (Lipinski definition) is 0. The van der Waals surface area contributed by atoms with Gasteiger partial charge in [-0.2, -0.15) is 0 Å². The molecule has 2 atom stereocenters. The molecule has 2 unspecified atom stereocenters. The highest BCUT2D eigenvalue weighted by Gasteiger charge is 2.33. The third-order valence-electron chi connectivity index (χ3n) is 5.05. The molecule has 0 saturated heterocycles. The number of allylic oxidation sites excluding steroid dienone is 2. The van der Waals surface area contributed by atoms with E-state index in [4.69, 9.17) is 11.6 Å². The molecular weight excluding hydrogens is 370 g/mol. The van der Waals surface area contributed by atoms with Crippen LogP contribution in [0, 0.1) is 0 Å². The lowest BCUT2D eigenvalue weighted by molar-refractivity contribution is 0.863. The van der Waals surface area contributed by atoms with Crippen LogP contribution in [0.5, 0.6) is 0 Å². The van der Waals surface area contributed by atoms with E-state index in [1.807, 2.05) is 17.8 Å². The molecule has 2 aliphatic rings. The summed E-state index contributed by atoms with van der Waals surface area (Å²) in [5.74, 6) is 0.372. The Morgan fingerprint density at radius 1 is 0.815 bits per heavy atom. The van der Waals surface area contributed by atoms with Gasteiger partial charge in [-0.05, 0) is 48.0 Å². The predicted molar refractivity (Wildman–Crippen MR) is 116 cm³/mol. The van der Waals surface area contributed by atoms with Crippen LogP contribution in [0.4, 0.5) is 11.4 Å². The Morgan fingerprint density at radius 3 is 2.15 bits per heavy atom. The molecule has 1 heterocycles. The lowest BCUT2D eigenvalue weighted by atomic mass is 9.91. The highest BCUT2D eigenvalue weighted by Crippen LogP contribution is 2.50. The van der Waals surface area contributed by atoms with Crippen LogP contribution in [-0.4, -0.2) is 5.25 Å². The molecule has 0 fully saturated rings. The number of hydrogen-bond acceptors (Lipinski definition) is 2. The van der Waals surface area contributed by atoms with Gasteiger partial charge in [0.15, 0.2) is 0 Å². The van der Waals surface area contributed by atoms with Crippen molar-refractivity contribution >= 4 is 34.7 Å². The number of thioether (sulfide) groups is 1. The molecular formula is C24H18ClNS. The van der Waals surface area contributed by atoms with Gasteiger partial charge in [-0.15, -0.1) is 11.8 Å². The average molecular weight is 388 g/mol. The first kappa shape index (κ1) is 16.7. The van der Waals surface area contributed by atoms with Crippen LogP contribution in [0.2, 0.25) is 5.02 Å². The van der Waals surface area contributed by atoms with E-state index in [0.29, 0.717) is 11.2 Å². The van der Waals surface area contributed by atoms with Gasteiger partial charge in [-0.3, -0.25) is 0 Å². The van der Waals surface area contributed by atoms with Crippen LogP contribution < -0.4 is 4.90 Å². The Morgan fingerprint density at radius 2 is 1.48 bits per heavy atom. The minimum atomic E-state index is 0.372. The summed E-state index contributed by atoms with van der Waals surface area (Å²) in [5, 5.41) is 1.25. The first-order valence-electron chi connectivity index (χ1n) is 9.06. The highest BCUT2D eigenvalue weighted by molar-refractivity contribution is 8.00. The fourth-order valence-electron chi connectivity index (χ4n) is 3.81. The monoisotopic (exact) mass is 387 g/mol. The van der Waals surface area contributed by atoms with Crippen molar-refractivity contribution in [3.63, 3.8) is 0 Å². The molecule has 1 aliphatic carbocycles. The molecule has 3 aromatic carbocycles. The van der Waals surface area contributed by atoms with Crippen molar-refractivity contribution in [2.45, 2.75) is 16.1 Å². The molecule has 132 valence electrons. The van der Waals surface area contributed by atoms with Crippen LogP contribution >= 0.6 is 23.4 Å². The van der Waals surface area contributed by atoms with Crippen molar-refractivity contribution in [3.05, 3.63) is 113 Å². The van der Waals surface area contributed by atoms with E-state index in [0.717, 1.165) is 5.02 Å². The molecule has 27 heavy (non-hydrogen) atoms. The average Bonchev–Trinajstić information content (AvgIpc) is 3.07. The Labute approximate surface area is 169 Å². The lowest BCUT2D eigenvalue weighted by Gasteiger charge is -2.30. The van der Waals surface area contributed by atoms with E-state index in [1.165, 1.54) is 27.5 Å². The number of benzene rings is 3. The smallest absolute Gasteiger partial charge is 0.0461 e. The zero-order chi connectivity index (χ0) is 18.2. The number of fused-ring (bicyclic) bond motifs is 3. The summed E-state index contributed by atoms with van der Waals surface area (Å²) < 4.78 is 0. The van der Waals surface area contributed by atoms with Gasteiger partial charge < -0.3 is 4.90 Å². The second kappa shape index (κ2) is 6.95. The maximum atomic E-state index is 6.21. The topological polar surface area (TPSA) is 3.24 Å². The van der Waals surface area contributed by atoms with Gasteiger partial charge in [0, 0.05) is 38.2 Å². The molecule has 5 rings (SSSR count). The first-order chi connectivity index (χ1) is 13.3. The zero-order valence-corrected chi connectivity index (χ0v) is 16.2. The van der Waals surface area contributed by atoms with Crippen LogP contribution in [0.25, 0.3) is 0 Å². The van der Waals surface area contributed by atoms with Crippen LogP contribution in [0.3, 0.4) is 0 Å². The number of nitrogens with zero attached hydrogens (tertiary/aromatic N) is 1. The Bertz CT molecular complexity index is 987. The molecule has 3 aromatic rings. The van der Waals surface area contributed by atoms with Gasteiger partial charge in [-0.25, -0.2) is 0 Å². The number of anilines is 2. The molecule has 1 nitrogen and oxygen atoms in total. The van der Waals surface area contributed by atoms with Gasteiger partial charge in [0.05, 0.1) is 0 Å². The van der Waals surface area contributed by atoms with Crippen molar-refractivity contribution in [3.8, 4) is 0 Å². The van der Waals surface area contributed by atoms with Gasteiger partial charge in [0.2, 0.25) is 0 Å². The molecule has 0 N–H and O–H groups in total. The van der Waals surface area contributed by atoms with E-state index in [1.54, 1.807) is 0 Å². The molecule has 0 aromatic heterocycles. The SMILES string of the molecule is Clc1ccc2c(c1)SC1C=CC(N(c3ccccc3)c3ccccc3)=CC21. The molecule has 0 bridgehead atoms. The van der Waals surface area contributed by atoms with Gasteiger partial charge in [0.1, 0.15) is 0 Å². The minimum absolute atomic E-state index is 0.372. The molecule has 0 saturated carbocycles. The van der Waals surface area contributed by atoms with Crippen molar-refractivity contribution in [1.29, 1.82) is 0 Å². The highest BCUT2D eigenvalue weighted by atomic mass is 35.5. The molecule has 3 heteroatoms. The molecule has 0 radical (unpaired) electrons. The molecule has 1 aliphatic heterocycles. The standard InChI is InChI=1S/C24H18ClNS/c25-17-11-13-21-22-16-20(12-14-23(22)27-24(21)15-17)26(18-7-3-1-4-8-18)19-9-5-2-6-10-19/h1-16,22-23H. The normalized spacial score (nSPS) is 20.0. The summed E-state index contributed by atoms with van der Waals surface area (Å²) in [7, 11) is 0. The fraction of sp³-hybridized carbons (Fsp3) is 0.0833. The summed E-state index contributed by atoms with van der Waals surface area (Å²) in [6.45, 7) is 0. The Balaban J connectivity index is 1.60. The summed E-state index contributed by atoms with van der Waals surface area (Å²) in [6.07, 6.45) is 6.98. The second-order valence-electron chi connectivity index (χ2n) is 6.75. The van der Waals surface area contributed by atoms with Crippen molar-refractivity contribution in [1.82, 2.24) is 0 Å². The van der Waals surface area contributed by atoms with E-state index in [-0.39, 0.29) is 0 Å².